The molecule has 2 fully saturated rings. The van der Waals surface area contributed by atoms with Gasteiger partial charge in [0.1, 0.15) is 121 Å². The number of carbonyl (C=O) groups is 10. The van der Waals surface area contributed by atoms with Crippen molar-refractivity contribution in [1.82, 2.24) is 42.5 Å². The third kappa shape index (κ3) is 21.7. The maximum Gasteiger partial charge on any atom is 0.407 e. The number of fused-ring (bicyclic) bond motifs is 15. The number of hydrogen-bond donors (Lipinski definition) is 18. The van der Waals surface area contributed by atoms with E-state index < -0.39 is 279 Å². The highest BCUT2D eigenvalue weighted by Gasteiger charge is 2.53. The van der Waals surface area contributed by atoms with Gasteiger partial charge in [0.15, 0.2) is 29.9 Å². The van der Waals surface area contributed by atoms with Crippen LogP contribution in [0.25, 0.3) is 11.1 Å². The molecule has 40 heteroatoms. The molecule has 7 aliphatic heterocycles. The third-order valence-corrected chi connectivity index (χ3v) is 21.7. The maximum absolute atomic E-state index is 16.4. The van der Waals surface area contributed by atoms with E-state index in [1.807, 2.05) is 0 Å². The molecule has 0 aromatic heterocycles. The molecule has 10 unspecified atom stereocenters. The van der Waals surface area contributed by atoms with E-state index in [2.05, 4.69) is 62.3 Å². The number of carbonyl (C=O) groups excluding carboxylic acids is 10. The average Bonchev–Trinajstić information content (AvgIpc) is 0.776. The standard InChI is InChI=1S/C84H92Cl3N9O28/c1-8-19-116-60(102)29-42(22-36(4)5)75(108)94-66-68(103)39-12-17-54(48(86)25-39)120-56-27-41-28-57(72(56)124-82-73(123-61-33-84(7,74(107)37(6)119-61)96-83(115)118-21-10-3)71(106)70(105)58(122-82)35-89-34-43-23-44(85)14-16-51(43)98)121-55-18-13-40(26-49(55)87)69(104)67-80(113)93-65(81(114)117-20-9-2)47-30-45(97)31-53(100)62(47)46-24-38(11-15-52(46)99)63(77(110)95-67)92-78(111)64(41)91-76(109)50(32-59(88)101)90-79(66)112/h8-18,23-28,30-31,36-37,42,50,58,61,63-71,73-74,82,89,97-100,103-107H,1-3,19-22,29,32-35H2,4-7H3,(H2,88,101)(H,90,112)(H,91,109)(H,92,111)(H,93,113)(H,94,108)(H,95,110)(H,96,115)/t37?,42-,50-,58?,61?,63?,64+,65+,66+,67-,68+,69+,70?,71?,73?,74?,82?,84?/m0/s1. The Bertz CT molecular complexity index is 5120. The molecule has 19 N–H and O–H groups in total. The monoisotopic (exact) mass is 1780 g/mol. The lowest BCUT2D eigenvalue weighted by Crippen LogP contribution is -2.66. The Balaban J connectivity index is 1.16. The fourth-order valence-electron chi connectivity index (χ4n) is 14.7. The largest absolute Gasteiger partial charge is 0.508 e. The summed E-state index contributed by atoms with van der Waals surface area (Å²) in [6.45, 7) is 15.4. The first kappa shape index (κ1) is 92.9. The number of benzene rings is 6. The minimum absolute atomic E-state index is 0.0116. The molecule has 662 valence electrons. The van der Waals surface area contributed by atoms with E-state index in [1.54, 1.807) is 13.8 Å². The van der Waals surface area contributed by atoms with E-state index in [0.717, 1.165) is 72.8 Å². The van der Waals surface area contributed by atoms with Gasteiger partial charge in [-0.25, -0.2) is 9.59 Å². The predicted molar refractivity (Wildman–Crippen MR) is 437 cm³/mol. The maximum atomic E-state index is 16.4. The number of hydrogen-bond acceptors (Lipinski definition) is 29. The summed E-state index contributed by atoms with van der Waals surface area (Å²) >= 11 is 20.8. The molecule has 0 spiro atoms. The second-order valence-corrected chi connectivity index (χ2v) is 31.7. The summed E-state index contributed by atoms with van der Waals surface area (Å²) in [7, 11) is 0. The van der Waals surface area contributed by atoms with Gasteiger partial charge >= 0.3 is 18.0 Å². The highest BCUT2D eigenvalue weighted by Crippen LogP contribution is 2.50. The minimum Gasteiger partial charge on any atom is -0.508 e. The van der Waals surface area contributed by atoms with E-state index >= 15 is 24.0 Å². The summed E-state index contributed by atoms with van der Waals surface area (Å²) in [4.78, 5) is 147. The minimum atomic E-state index is -2.44. The van der Waals surface area contributed by atoms with Crippen LogP contribution in [0.1, 0.15) is 117 Å². The first-order valence-electron chi connectivity index (χ1n) is 38.8. The lowest BCUT2D eigenvalue weighted by atomic mass is 9.85. The fraction of sp³-hybridized carbons (Fsp3) is 0.381. The van der Waals surface area contributed by atoms with E-state index in [-0.39, 0.29) is 65.1 Å². The number of primary amides is 1. The topological polar surface area (TPSA) is 558 Å². The highest BCUT2D eigenvalue weighted by atomic mass is 35.5. The number of phenols is 4. The summed E-state index contributed by atoms with van der Waals surface area (Å²) < 4.78 is 55.8. The quantitative estimate of drug-likeness (QED) is 0.0215. The van der Waals surface area contributed by atoms with Crippen LogP contribution >= 0.6 is 34.8 Å². The number of esters is 2. The Labute approximate surface area is 723 Å². The van der Waals surface area contributed by atoms with Crippen LogP contribution in [-0.2, 0) is 78.1 Å². The number of nitrogens with one attached hydrogen (secondary N) is 8. The van der Waals surface area contributed by atoms with Gasteiger partial charge in [0, 0.05) is 58.8 Å². The van der Waals surface area contributed by atoms with Crippen LogP contribution in [0.3, 0.4) is 0 Å². The number of alkyl carbamates (subject to hydrolysis) is 1. The summed E-state index contributed by atoms with van der Waals surface area (Å²) in [5.41, 5.74) is 1.56. The number of ether oxygens (including phenoxy) is 9. The van der Waals surface area contributed by atoms with Gasteiger partial charge in [-0.05, 0) is 121 Å². The van der Waals surface area contributed by atoms with Crippen LogP contribution < -0.4 is 62.5 Å². The number of rotatable bonds is 24. The van der Waals surface area contributed by atoms with Gasteiger partial charge in [-0.2, -0.15) is 0 Å². The molecule has 13 rings (SSSR count). The summed E-state index contributed by atoms with van der Waals surface area (Å²) in [5.74, 6) is -18.7. The second-order valence-electron chi connectivity index (χ2n) is 30.5. The highest BCUT2D eigenvalue weighted by molar-refractivity contribution is 6.32. The first-order chi connectivity index (χ1) is 58.9. The third-order valence-electron chi connectivity index (χ3n) is 20.8. The lowest BCUT2D eigenvalue weighted by molar-refractivity contribution is -0.331. The van der Waals surface area contributed by atoms with Crippen molar-refractivity contribution in [1.29, 1.82) is 0 Å². The number of aliphatic hydroxyl groups excluding tert-OH is 5. The van der Waals surface area contributed by atoms with Crippen LogP contribution in [0, 0.1) is 11.8 Å². The first-order valence-corrected chi connectivity index (χ1v) is 39.9. The van der Waals surface area contributed by atoms with Crippen LogP contribution in [0.15, 0.2) is 135 Å². The summed E-state index contributed by atoms with van der Waals surface area (Å²) in [5, 5.41) is 127. The predicted octanol–water partition coefficient (Wildman–Crippen LogP) is 5.01. The van der Waals surface area contributed by atoms with Gasteiger partial charge in [-0.3, -0.25) is 38.4 Å². The smallest absolute Gasteiger partial charge is 0.407 e. The number of aliphatic hydroxyl groups is 5. The Morgan fingerprint density at radius 1 is 0.653 bits per heavy atom. The molecule has 124 heavy (non-hydrogen) atoms. The molecule has 8 amide bonds. The second kappa shape index (κ2) is 40.2. The molecule has 11 bridgehead atoms. The van der Waals surface area contributed by atoms with Crippen molar-refractivity contribution in [2.24, 2.45) is 17.6 Å². The molecule has 37 nitrogen and oxygen atoms in total. The van der Waals surface area contributed by atoms with E-state index in [1.165, 1.54) is 56.3 Å². The van der Waals surface area contributed by atoms with Gasteiger partial charge in [-0.1, -0.05) is 105 Å². The van der Waals surface area contributed by atoms with Gasteiger partial charge in [0.2, 0.25) is 53.4 Å². The van der Waals surface area contributed by atoms with Crippen molar-refractivity contribution in [3.05, 3.63) is 183 Å². The zero-order chi connectivity index (χ0) is 90.0. The Morgan fingerprint density at radius 2 is 1.27 bits per heavy atom. The van der Waals surface area contributed by atoms with Crippen molar-refractivity contribution in [2.45, 2.75) is 163 Å². The van der Waals surface area contributed by atoms with Crippen molar-refractivity contribution in [2.75, 3.05) is 26.4 Å². The number of halogens is 3. The van der Waals surface area contributed by atoms with Gasteiger partial charge in [-0.15, -0.1) is 0 Å². The van der Waals surface area contributed by atoms with E-state index in [9.17, 15) is 69.9 Å². The van der Waals surface area contributed by atoms with Crippen LogP contribution in [0.5, 0.6) is 51.7 Å². The van der Waals surface area contributed by atoms with Crippen LogP contribution in [0.2, 0.25) is 15.1 Å². The molecule has 7 heterocycles. The van der Waals surface area contributed by atoms with Gasteiger partial charge in [0.25, 0.3) is 0 Å². The Morgan fingerprint density at radius 3 is 1.91 bits per heavy atom. The molecule has 0 radical (unpaired) electrons. The molecule has 6 aromatic carbocycles. The number of aromatic hydroxyl groups is 4. The Hall–Kier alpha value is -11.9. The Kier molecular flexibility index (Phi) is 30.1. The van der Waals surface area contributed by atoms with Gasteiger partial charge < -0.3 is 137 Å². The van der Waals surface area contributed by atoms with Crippen LogP contribution in [0.4, 0.5) is 4.79 Å². The summed E-state index contributed by atoms with van der Waals surface area (Å²) in [6.07, 6.45) is -18.0. The SMILES string of the molecule is C=CCOC(=O)C[C@H](CC(C)C)C(=O)N[C@H]1C(=O)N[C@@H](CC(N)=O)C(=O)N[C@H]2C(=O)NC3C(=O)N[C@H](C(=O)N[C@@H](C(=O)OCC=C)c4cc(O)cc(O)c4-c4cc3ccc4O)[C@H](O)c3ccc(c(Cl)c3)Oc3cc2cc(c3OC2OC(CNCc3cc(Cl)ccc3O)C(O)C(O)C2OC2CC(C)(NC(=O)OCC=C)C(O)C(C)O2)Oc2ccc(cc2Cl)[C@H]1O. The molecule has 0 saturated carbocycles. The van der Waals surface area contributed by atoms with Crippen LogP contribution in [-0.4, -0.2) is 205 Å². The van der Waals surface area contributed by atoms with Crippen molar-refractivity contribution in [3.8, 4) is 62.9 Å². The summed E-state index contributed by atoms with van der Waals surface area (Å²) in [6, 6.07) is 4.20. The van der Waals surface area contributed by atoms with Crippen molar-refractivity contribution in [3.63, 3.8) is 0 Å². The molecule has 6 aromatic rings. The molecule has 0 aliphatic carbocycles. The van der Waals surface area contributed by atoms with E-state index in [0.29, 0.717) is 0 Å². The molecule has 18 atom stereocenters. The zero-order valence-electron chi connectivity index (χ0n) is 66.8. The van der Waals surface area contributed by atoms with Crippen molar-refractivity contribution >= 4 is 94.2 Å². The number of phenolic OH excluding ortho intramolecular Hbond substituents is 4. The van der Waals surface area contributed by atoms with E-state index in [4.69, 9.17) is 83.2 Å². The van der Waals surface area contributed by atoms with Gasteiger partial charge in [0.05, 0.1) is 34.5 Å². The lowest BCUT2D eigenvalue weighted by Gasteiger charge is -2.48. The average molecular weight is 1780 g/mol. The molecular weight excluding hydrogens is 1690 g/mol. The molecule has 2 saturated heterocycles. The zero-order valence-corrected chi connectivity index (χ0v) is 69.1. The molecule has 7 aliphatic rings. The normalized spacial score (nSPS) is 25.9. The van der Waals surface area contributed by atoms with Crippen molar-refractivity contribution < 1.29 is 137 Å². The fourth-order valence-corrected chi connectivity index (χ4v) is 15.4. The number of nitrogens with two attached hydrogens (primary N) is 1. The number of amides is 8. The molecular formula is C84H92Cl3N9O28.